The third-order valence-corrected chi connectivity index (χ3v) is 8.77. The van der Waals surface area contributed by atoms with E-state index in [2.05, 4.69) is 0 Å². The van der Waals surface area contributed by atoms with Gasteiger partial charge in [0.15, 0.2) is 5.78 Å². The normalized spacial score (nSPS) is 18.7. The van der Waals surface area contributed by atoms with Gasteiger partial charge in [0.25, 0.3) is 0 Å². The van der Waals surface area contributed by atoms with Crippen LogP contribution in [0, 0.1) is 13.8 Å². The summed E-state index contributed by atoms with van der Waals surface area (Å²) in [6.45, 7) is 7.81. The van der Waals surface area contributed by atoms with Gasteiger partial charge in [0.05, 0.1) is 13.0 Å². The third-order valence-electron chi connectivity index (χ3n) is 6.85. The van der Waals surface area contributed by atoms with Crippen LogP contribution in [-0.4, -0.2) is 42.9 Å². The van der Waals surface area contributed by atoms with Crippen LogP contribution < -0.4 is 4.74 Å². The second kappa shape index (κ2) is 10.7. The van der Waals surface area contributed by atoms with Crippen molar-refractivity contribution in [2.24, 2.45) is 0 Å². The van der Waals surface area contributed by atoms with Crippen molar-refractivity contribution in [2.75, 3.05) is 6.54 Å². The Hall–Kier alpha value is -3.17. The maximum absolute atomic E-state index is 11.8. The molecule has 3 aromatic carbocycles. The van der Waals surface area contributed by atoms with Crippen molar-refractivity contribution < 1.29 is 28.5 Å². The number of aliphatic carboxylic acids is 1. The lowest BCUT2D eigenvalue weighted by atomic mass is 9.84. The van der Waals surface area contributed by atoms with Crippen molar-refractivity contribution in [3.63, 3.8) is 0 Å². The molecular formula is C29H33NO6S. The van der Waals surface area contributed by atoms with Gasteiger partial charge >= 0.3 is 5.97 Å². The van der Waals surface area contributed by atoms with E-state index in [9.17, 15) is 23.8 Å². The molecule has 0 saturated heterocycles. The van der Waals surface area contributed by atoms with E-state index in [1.54, 1.807) is 40.7 Å². The Morgan fingerprint density at radius 3 is 2.46 bits per heavy atom. The molecule has 196 valence electrons. The zero-order valence-electron chi connectivity index (χ0n) is 21.5. The molecule has 1 unspecified atom stereocenters. The van der Waals surface area contributed by atoms with Gasteiger partial charge < -0.3 is 9.84 Å². The molecule has 1 aliphatic heterocycles. The molecule has 3 aromatic rings. The first-order valence-electron chi connectivity index (χ1n) is 12.2. The smallest absolute Gasteiger partial charge is 0.304 e. The van der Waals surface area contributed by atoms with E-state index >= 15 is 0 Å². The molecular weight excluding hydrogens is 490 g/mol. The molecule has 2 atom stereocenters. The predicted octanol–water partition coefficient (Wildman–Crippen LogP) is 6.42. The summed E-state index contributed by atoms with van der Waals surface area (Å²) < 4.78 is 30.2. The van der Waals surface area contributed by atoms with Gasteiger partial charge in [0, 0.05) is 18.0 Å². The first-order chi connectivity index (χ1) is 17.5. The number of carboxylic acid groups (broad SMARTS) is 1. The minimum absolute atomic E-state index is 0.0433. The van der Waals surface area contributed by atoms with Gasteiger partial charge in [-0.25, -0.2) is 0 Å². The fraction of sp³-hybridized carbons (Fsp3) is 0.310. The Labute approximate surface area is 219 Å². The quantitative estimate of drug-likeness (QED) is 0.307. The Morgan fingerprint density at radius 1 is 1.05 bits per heavy atom. The molecule has 0 fully saturated rings. The summed E-state index contributed by atoms with van der Waals surface area (Å²) >= 11 is 0. The number of benzene rings is 3. The fourth-order valence-electron chi connectivity index (χ4n) is 4.85. The summed E-state index contributed by atoms with van der Waals surface area (Å²) in [5.41, 5.74) is 4.93. The lowest BCUT2D eigenvalue weighted by Crippen LogP contribution is -2.33. The van der Waals surface area contributed by atoms with E-state index in [0.29, 0.717) is 22.8 Å². The number of carbonyl (C=O) groups excluding carboxylic acids is 1. The number of fused-ring (bicyclic) bond motifs is 1. The lowest BCUT2D eigenvalue weighted by Gasteiger charge is -2.42. The molecule has 0 spiro atoms. The topological polar surface area (TPSA) is 107 Å². The largest absolute Gasteiger partial charge is 0.487 e. The minimum Gasteiger partial charge on any atom is -0.487 e. The number of nitrogens with zero attached hydrogens (tertiary/aromatic N) is 1. The van der Waals surface area contributed by atoms with E-state index in [0.717, 1.165) is 27.8 Å². The number of hydrogen-bond donors (Lipinski definition) is 3. The number of Topliss-reactive ketones (excluding diaryl/α,β-unsaturated/α-hetero) is 1. The van der Waals surface area contributed by atoms with E-state index in [1.165, 1.54) is 6.92 Å². The molecule has 1 heterocycles. The summed E-state index contributed by atoms with van der Waals surface area (Å²) in [5, 5.41) is 9.71. The number of carbonyl (C=O) groups is 2. The second-order valence-corrected chi connectivity index (χ2v) is 11.7. The summed E-state index contributed by atoms with van der Waals surface area (Å²) in [6, 6.07) is 18.2. The molecule has 8 heteroatoms. The number of aryl methyl sites for hydroxylation is 2. The Morgan fingerprint density at radius 2 is 1.78 bits per heavy atom. The lowest BCUT2D eigenvalue weighted by molar-refractivity contribution is -0.137. The van der Waals surface area contributed by atoms with Crippen molar-refractivity contribution >= 4 is 22.5 Å². The third kappa shape index (κ3) is 5.72. The van der Waals surface area contributed by atoms with Crippen molar-refractivity contribution in [1.29, 1.82) is 0 Å². The fourth-order valence-corrected chi connectivity index (χ4v) is 6.51. The van der Waals surface area contributed by atoms with Crippen LogP contribution in [0.1, 0.15) is 64.4 Å². The maximum atomic E-state index is 11.8. The molecule has 0 aliphatic carbocycles. The van der Waals surface area contributed by atoms with Crippen LogP contribution in [0.2, 0.25) is 0 Å². The van der Waals surface area contributed by atoms with E-state index < -0.39 is 22.7 Å². The number of ketones is 1. The number of para-hydroxylation sites is 1. The van der Waals surface area contributed by atoms with Crippen molar-refractivity contribution in [1.82, 2.24) is 4.31 Å². The van der Waals surface area contributed by atoms with Crippen LogP contribution in [0.25, 0.3) is 0 Å². The molecule has 37 heavy (non-hydrogen) atoms. The van der Waals surface area contributed by atoms with Crippen LogP contribution in [0.5, 0.6) is 5.75 Å². The highest BCUT2D eigenvalue weighted by molar-refractivity contribution is 8.22. The van der Waals surface area contributed by atoms with E-state index in [1.807, 2.05) is 45.0 Å². The predicted molar refractivity (Wildman–Crippen MR) is 145 cm³/mol. The SMILES string of the molecule is CC(=O)c1ccc(C(CC(=O)O)c2ccc(C)c(CN3C[C@@H](C)Oc4ccccc4S3(O)O)c2)c(C)c1. The molecule has 4 rings (SSSR count). The molecule has 0 radical (unpaired) electrons. The first-order valence-corrected chi connectivity index (χ1v) is 13.7. The second-order valence-electron chi connectivity index (χ2n) is 9.68. The van der Waals surface area contributed by atoms with Gasteiger partial charge in [-0.2, -0.15) is 4.31 Å². The standard InChI is InChI=1S/C29H33NO6S/c1-18-9-10-23(26(15-29(32)33)25-12-11-22(21(4)31)13-19(25)2)14-24(18)17-30-16-20(3)36-27-7-5-6-8-28(27)37(30,34)35/h5-14,20,26,34-35H,15-17H2,1-4H3,(H,32,33)/t20-,26?/m1/s1. The van der Waals surface area contributed by atoms with Gasteiger partial charge in [0.2, 0.25) is 0 Å². The number of ether oxygens (including phenoxy) is 1. The van der Waals surface area contributed by atoms with Crippen molar-refractivity contribution in [2.45, 2.75) is 57.6 Å². The summed E-state index contributed by atoms with van der Waals surface area (Å²) in [5.74, 6) is -0.927. The average Bonchev–Trinajstić information content (AvgIpc) is 2.92. The van der Waals surface area contributed by atoms with Gasteiger partial charge in [0.1, 0.15) is 16.7 Å². The highest BCUT2D eigenvalue weighted by Gasteiger charge is 2.34. The molecule has 7 nitrogen and oxygen atoms in total. The van der Waals surface area contributed by atoms with Gasteiger partial charge in [-0.3, -0.25) is 18.7 Å². The minimum atomic E-state index is -3.31. The summed E-state index contributed by atoms with van der Waals surface area (Å²) in [6.07, 6.45) is -0.375. The van der Waals surface area contributed by atoms with Crippen LogP contribution >= 0.6 is 10.8 Å². The molecule has 0 aromatic heterocycles. The number of rotatable bonds is 7. The molecule has 3 N–H and O–H groups in total. The highest BCUT2D eigenvalue weighted by Crippen LogP contribution is 2.57. The van der Waals surface area contributed by atoms with Gasteiger partial charge in [-0.15, -0.1) is 10.8 Å². The van der Waals surface area contributed by atoms with Crippen LogP contribution in [-0.2, 0) is 11.3 Å². The number of carboxylic acids is 1. The molecule has 1 aliphatic rings. The van der Waals surface area contributed by atoms with Crippen LogP contribution in [0.4, 0.5) is 0 Å². The van der Waals surface area contributed by atoms with Gasteiger partial charge in [-0.05, 0) is 73.7 Å². The van der Waals surface area contributed by atoms with Crippen molar-refractivity contribution in [3.05, 3.63) is 94.0 Å². The van der Waals surface area contributed by atoms with Crippen molar-refractivity contribution in [3.8, 4) is 5.75 Å². The molecule has 0 bridgehead atoms. The first kappa shape index (κ1) is 26.9. The highest BCUT2D eigenvalue weighted by atomic mass is 32.3. The van der Waals surface area contributed by atoms with E-state index in [-0.39, 0.29) is 24.9 Å². The number of hydrogen-bond acceptors (Lipinski definition) is 6. The zero-order valence-corrected chi connectivity index (χ0v) is 22.3. The molecule has 0 saturated carbocycles. The average molecular weight is 524 g/mol. The zero-order chi connectivity index (χ0) is 26.9. The monoisotopic (exact) mass is 523 g/mol. The van der Waals surface area contributed by atoms with Crippen LogP contribution in [0.15, 0.2) is 65.6 Å². The maximum Gasteiger partial charge on any atom is 0.304 e. The van der Waals surface area contributed by atoms with Gasteiger partial charge in [-0.1, -0.05) is 42.5 Å². The van der Waals surface area contributed by atoms with Crippen LogP contribution in [0.3, 0.4) is 0 Å². The summed E-state index contributed by atoms with van der Waals surface area (Å²) in [7, 11) is -3.31. The Kier molecular flexibility index (Phi) is 7.75. The Bertz CT molecular complexity index is 1340. The van der Waals surface area contributed by atoms with E-state index in [4.69, 9.17) is 4.74 Å². The molecule has 0 amide bonds. The summed E-state index contributed by atoms with van der Waals surface area (Å²) in [4.78, 5) is 24.0. The Balaban J connectivity index is 1.73.